The molecule has 0 fully saturated rings. The maximum atomic E-state index is 12.7. The Morgan fingerprint density at radius 1 is 1.12 bits per heavy atom. The van der Waals surface area contributed by atoms with Crippen molar-refractivity contribution >= 4 is 27.8 Å². The van der Waals surface area contributed by atoms with Crippen LogP contribution < -0.4 is 5.32 Å². The van der Waals surface area contributed by atoms with E-state index in [1.54, 1.807) is 24.3 Å². The average molecular weight is 416 g/mol. The summed E-state index contributed by atoms with van der Waals surface area (Å²) in [4.78, 5) is 23.6. The van der Waals surface area contributed by atoms with Crippen LogP contribution >= 0.6 is 15.9 Å². The molecule has 132 valence electrons. The number of carboxylic acid groups (broad SMARTS) is 1. The van der Waals surface area contributed by atoms with Crippen LogP contribution in [-0.4, -0.2) is 23.0 Å². The number of carbonyl (C=O) groups excluding carboxylic acids is 1. The van der Waals surface area contributed by atoms with Crippen molar-refractivity contribution in [2.45, 2.75) is 18.6 Å². The van der Waals surface area contributed by atoms with E-state index in [9.17, 15) is 27.9 Å². The van der Waals surface area contributed by atoms with Gasteiger partial charge in [-0.3, -0.25) is 4.79 Å². The molecule has 25 heavy (non-hydrogen) atoms. The fraction of sp³-hybridized carbons (Fsp3) is 0.176. The minimum atomic E-state index is -4.59. The van der Waals surface area contributed by atoms with Gasteiger partial charge in [-0.25, -0.2) is 4.79 Å². The number of carboxylic acids is 1. The van der Waals surface area contributed by atoms with E-state index in [-0.39, 0.29) is 12.0 Å². The second kappa shape index (κ2) is 7.69. The van der Waals surface area contributed by atoms with Gasteiger partial charge >= 0.3 is 12.1 Å². The molecule has 2 rings (SSSR count). The Balaban J connectivity index is 2.18. The molecule has 0 aliphatic rings. The summed E-state index contributed by atoms with van der Waals surface area (Å²) in [7, 11) is 0. The summed E-state index contributed by atoms with van der Waals surface area (Å²) in [6.45, 7) is 0. The molecule has 0 aliphatic heterocycles. The van der Waals surface area contributed by atoms with E-state index in [2.05, 4.69) is 21.2 Å². The standard InChI is InChI=1S/C17H13BrF3NO3/c18-13-7-2-1-4-10(13)9-14(16(24)25)22-15(23)11-5-3-6-12(8-11)17(19,20)21/h1-8,14H,9H2,(H,22,23)(H,24,25)/t14-/m0/s1. The molecule has 2 aromatic carbocycles. The third-order valence-corrected chi connectivity index (χ3v) is 4.21. The molecule has 0 aromatic heterocycles. The third kappa shape index (κ3) is 5.06. The molecule has 0 aliphatic carbocycles. The number of hydrogen-bond donors (Lipinski definition) is 2. The zero-order chi connectivity index (χ0) is 18.6. The predicted octanol–water partition coefficient (Wildman–Crippen LogP) is 3.89. The van der Waals surface area contributed by atoms with Crippen molar-refractivity contribution in [2.24, 2.45) is 0 Å². The topological polar surface area (TPSA) is 66.4 Å². The molecule has 0 heterocycles. The second-order valence-corrected chi connectivity index (χ2v) is 6.09. The van der Waals surface area contributed by atoms with Crippen LogP contribution in [0.5, 0.6) is 0 Å². The maximum absolute atomic E-state index is 12.7. The molecule has 0 bridgehead atoms. The molecule has 0 radical (unpaired) electrons. The van der Waals surface area contributed by atoms with Crippen LogP contribution in [0.15, 0.2) is 53.0 Å². The second-order valence-electron chi connectivity index (χ2n) is 5.24. The highest BCUT2D eigenvalue weighted by molar-refractivity contribution is 9.10. The molecule has 2 aromatic rings. The molecule has 0 spiro atoms. The van der Waals surface area contributed by atoms with Gasteiger partial charge in [-0.05, 0) is 29.8 Å². The first kappa shape index (κ1) is 19.0. The highest BCUT2D eigenvalue weighted by Gasteiger charge is 2.31. The Morgan fingerprint density at radius 3 is 2.40 bits per heavy atom. The number of aliphatic carboxylic acids is 1. The Kier molecular flexibility index (Phi) is 5.84. The van der Waals surface area contributed by atoms with Crippen molar-refractivity contribution < 1.29 is 27.9 Å². The first-order valence-electron chi connectivity index (χ1n) is 7.13. The van der Waals surface area contributed by atoms with Crippen LogP contribution in [0, 0.1) is 0 Å². The number of nitrogens with one attached hydrogen (secondary N) is 1. The summed E-state index contributed by atoms with van der Waals surface area (Å²) in [6, 6.07) is 9.43. The lowest BCUT2D eigenvalue weighted by atomic mass is 10.0. The van der Waals surface area contributed by atoms with Crippen molar-refractivity contribution in [2.75, 3.05) is 0 Å². The summed E-state index contributed by atoms with van der Waals surface area (Å²) in [5.41, 5.74) is -0.578. The van der Waals surface area contributed by atoms with Crippen molar-refractivity contribution in [3.63, 3.8) is 0 Å². The fourth-order valence-electron chi connectivity index (χ4n) is 2.16. The lowest BCUT2D eigenvalue weighted by Gasteiger charge is -2.16. The molecule has 8 heteroatoms. The van der Waals surface area contributed by atoms with Gasteiger partial charge in [-0.2, -0.15) is 13.2 Å². The summed E-state index contributed by atoms with van der Waals surface area (Å²) in [6.07, 6.45) is -4.60. The lowest BCUT2D eigenvalue weighted by molar-refractivity contribution is -0.139. The van der Waals surface area contributed by atoms with E-state index in [4.69, 9.17) is 0 Å². The molecular weight excluding hydrogens is 403 g/mol. The Labute approximate surface area is 149 Å². The Bertz CT molecular complexity index is 793. The van der Waals surface area contributed by atoms with Crippen molar-refractivity contribution in [1.82, 2.24) is 5.32 Å². The number of halogens is 4. The van der Waals surface area contributed by atoms with Gasteiger partial charge < -0.3 is 10.4 Å². The Morgan fingerprint density at radius 2 is 1.80 bits per heavy atom. The average Bonchev–Trinajstić information content (AvgIpc) is 2.55. The number of amides is 1. The number of hydrogen-bond acceptors (Lipinski definition) is 2. The highest BCUT2D eigenvalue weighted by Crippen LogP contribution is 2.29. The quantitative estimate of drug-likeness (QED) is 0.778. The van der Waals surface area contributed by atoms with Gasteiger partial charge in [-0.15, -0.1) is 0 Å². The summed E-state index contributed by atoms with van der Waals surface area (Å²) in [5, 5.41) is 11.6. The zero-order valence-corrected chi connectivity index (χ0v) is 14.3. The van der Waals surface area contributed by atoms with Gasteiger partial charge in [0.05, 0.1) is 5.56 Å². The summed E-state index contributed by atoms with van der Waals surface area (Å²) >= 11 is 3.29. The van der Waals surface area contributed by atoms with Crippen LogP contribution in [0.4, 0.5) is 13.2 Å². The Hall–Kier alpha value is -2.35. The molecule has 0 unspecified atom stereocenters. The van der Waals surface area contributed by atoms with Crippen LogP contribution in [0.25, 0.3) is 0 Å². The third-order valence-electron chi connectivity index (χ3n) is 3.44. The zero-order valence-electron chi connectivity index (χ0n) is 12.7. The normalized spacial score (nSPS) is 12.5. The van der Waals surface area contributed by atoms with Crippen molar-refractivity contribution in [3.8, 4) is 0 Å². The molecular formula is C17H13BrF3NO3. The van der Waals surface area contributed by atoms with Crippen LogP contribution in [0.3, 0.4) is 0 Å². The number of carbonyl (C=O) groups is 2. The van der Waals surface area contributed by atoms with Crippen LogP contribution in [-0.2, 0) is 17.4 Å². The van der Waals surface area contributed by atoms with E-state index in [0.717, 1.165) is 12.1 Å². The van der Waals surface area contributed by atoms with Gasteiger partial charge in [0, 0.05) is 16.5 Å². The molecule has 0 saturated heterocycles. The fourth-order valence-corrected chi connectivity index (χ4v) is 2.61. The monoisotopic (exact) mass is 415 g/mol. The van der Waals surface area contributed by atoms with E-state index in [1.807, 2.05) is 0 Å². The summed E-state index contributed by atoms with van der Waals surface area (Å²) < 4.78 is 38.8. The van der Waals surface area contributed by atoms with Crippen LogP contribution in [0.1, 0.15) is 21.5 Å². The van der Waals surface area contributed by atoms with E-state index < -0.39 is 29.7 Å². The van der Waals surface area contributed by atoms with Crippen molar-refractivity contribution in [1.29, 1.82) is 0 Å². The molecule has 4 nitrogen and oxygen atoms in total. The van der Waals surface area contributed by atoms with Gasteiger partial charge in [0.1, 0.15) is 6.04 Å². The van der Waals surface area contributed by atoms with E-state index >= 15 is 0 Å². The smallest absolute Gasteiger partial charge is 0.416 e. The van der Waals surface area contributed by atoms with Gasteiger partial charge in [-0.1, -0.05) is 40.2 Å². The largest absolute Gasteiger partial charge is 0.480 e. The minimum absolute atomic E-state index is 0.0124. The maximum Gasteiger partial charge on any atom is 0.416 e. The molecule has 1 atom stereocenters. The van der Waals surface area contributed by atoms with Gasteiger partial charge in [0.2, 0.25) is 0 Å². The predicted molar refractivity (Wildman–Crippen MR) is 88.2 cm³/mol. The highest BCUT2D eigenvalue weighted by atomic mass is 79.9. The van der Waals surface area contributed by atoms with Crippen molar-refractivity contribution in [3.05, 3.63) is 69.7 Å². The van der Waals surface area contributed by atoms with E-state index in [1.165, 1.54) is 6.07 Å². The molecule has 2 N–H and O–H groups in total. The number of rotatable bonds is 5. The lowest BCUT2D eigenvalue weighted by Crippen LogP contribution is -2.42. The summed E-state index contributed by atoms with van der Waals surface area (Å²) in [5.74, 6) is -2.17. The molecule has 0 saturated carbocycles. The minimum Gasteiger partial charge on any atom is -0.480 e. The SMILES string of the molecule is O=C(N[C@@H](Cc1ccccc1Br)C(=O)O)c1cccc(C(F)(F)F)c1. The number of alkyl halides is 3. The number of benzene rings is 2. The first-order chi connectivity index (χ1) is 11.7. The molecule has 1 amide bonds. The van der Waals surface area contributed by atoms with Gasteiger partial charge in [0.25, 0.3) is 5.91 Å². The van der Waals surface area contributed by atoms with Gasteiger partial charge in [0.15, 0.2) is 0 Å². The first-order valence-corrected chi connectivity index (χ1v) is 7.92. The van der Waals surface area contributed by atoms with Crippen LogP contribution in [0.2, 0.25) is 0 Å². The van der Waals surface area contributed by atoms with E-state index in [0.29, 0.717) is 16.1 Å².